The lowest BCUT2D eigenvalue weighted by Gasteiger charge is -2.32. The lowest BCUT2D eigenvalue weighted by atomic mass is 9.99. The highest BCUT2D eigenvalue weighted by Crippen LogP contribution is 2.29. The van der Waals surface area contributed by atoms with Crippen molar-refractivity contribution >= 4 is 22.4 Å². The molecule has 0 N–H and O–H groups in total. The Morgan fingerprint density at radius 3 is 3.05 bits per heavy atom. The summed E-state index contributed by atoms with van der Waals surface area (Å²) in [7, 11) is 1.74. The molecule has 0 amide bonds. The first-order valence-corrected chi connectivity index (χ1v) is 7.85. The van der Waals surface area contributed by atoms with Crippen molar-refractivity contribution in [1.82, 2.24) is 4.98 Å². The van der Waals surface area contributed by atoms with E-state index in [4.69, 9.17) is 9.47 Å². The summed E-state index contributed by atoms with van der Waals surface area (Å²) >= 11 is 1.57. The lowest BCUT2D eigenvalue weighted by Crippen LogP contribution is -2.37. The molecule has 0 radical (unpaired) electrons. The number of rotatable bonds is 5. The highest BCUT2D eigenvalue weighted by Gasteiger charge is 2.24. The molecule has 0 aromatic carbocycles. The Kier molecular flexibility index (Phi) is 5.37. The Hall–Kier alpha value is -1.14. The minimum absolute atomic E-state index is 0.321. The van der Waals surface area contributed by atoms with Gasteiger partial charge >= 0.3 is 5.97 Å². The van der Waals surface area contributed by atoms with Gasteiger partial charge in [0.25, 0.3) is 0 Å². The summed E-state index contributed by atoms with van der Waals surface area (Å²) in [6, 6.07) is 0. The van der Waals surface area contributed by atoms with Crippen LogP contribution < -0.4 is 4.90 Å². The van der Waals surface area contributed by atoms with Crippen molar-refractivity contribution in [2.75, 3.05) is 38.3 Å². The van der Waals surface area contributed by atoms with E-state index in [1.54, 1.807) is 25.4 Å². The van der Waals surface area contributed by atoms with E-state index in [9.17, 15) is 4.79 Å². The Morgan fingerprint density at radius 2 is 2.35 bits per heavy atom. The van der Waals surface area contributed by atoms with Gasteiger partial charge in [0.15, 0.2) is 10.8 Å². The van der Waals surface area contributed by atoms with Gasteiger partial charge in [-0.2, -0.15) is 0 Å². The molecule has 2 heterocycles. The van der Waals surface area contributed by atoms with Gasteiger partial charge in [0, 0.05) is 25.1 Å². The second kappa shape index (κ2) is 7.04. The van der Waals surface area contributed by atoms with Crippen LogP contribution in [0.5, 0.6) is 0 Å². The molecule has 20 heavy (non-hydrogen) atoms. The van der Waals surface area contributed by atoms with Crippen molar-refractivity contribution in [3.05, 3.63) is 10.6 Å². The third-order valence-corrected chi connectivity index (χ3v) is 4.48. The molecule has 0 bridgehead atoms. The van der Waals surface area contributed by atoms with Crippen LogP contribution in [0.15, 0.2) is 0 Å². The van der Waals surface area contributed by atoms with Gasteiger partial charge in [-0.05, 0) is 32.6 Å². The number of hydrogen-bond acceptors (Lipinski definition) is 6. The monoisotopic (exact) mass is 298 g/mol. The molecule has 0 aliphatic carbocycles. The summed E-state index contributed by atoms with van der Waals surface area (Å²) < 4.78 is 10.3. The number of methoxy groups -OCH3 is 1. The number of hydrogen-bond donors (Lipinski definition) is 0. The number of carbonyl (C=O) groups is 1. The molecule has 1 atom stereocenters. The van der Waals surface area contributed by atoms with E-state index in [0.717, 1.165) is 36.1 Å². The fourth-order valence-electron chi connectivity index (χ4n) is 2.52. The molecule has 2 rings (SSSR count). The molecule has 1 unspecified atom stereocenters. The van der Waals surface area contributed by atoms with E-state index in [0.29, 0.717) is 18.2 Å². The van der Waals surface area contributed by atoms with Crippen LogP contribution in [0.1, 0.15) is 35.1 Å². The number of ether oxygens (including phenoxy) is 2. The topological polar surface area (TPSA) is 51.7 Å². The maximum atomic E-state index is 11.8. The molecular formula is C14H22N2O3S. The van der Waals surface area contributed by atoms with Crippen molar-refractivity contribution in [1.29, 1.82) is 0 Å². The van der Waals surface area contributed by atoms with Gasteiger partial charge in [-0.25, -0.2) is 9.78 Å². The van der Waals surface area contributed by atoms with Crippen LogP contribution in [0.2, 0.25) is 0 Å². The Balaban J connectivity index is 2.09. The molecule has 0 saturated carbocycles. The number of aryl methyl sites for hydroxylation is 1. The molecule has 1 aromatic rings. The number of esters is 1. The zero-order valence-corrected chi connectivity index (χ0v) is 13.2. The predicted molar refractivity (Wildman–Crippen MR) is 79.6 cm³/mol. The second-order valence-corrected chi connectivity index (χ2v) is 6.21. The first-order valence-electron chi connectivity index (χ1n) is 7.04. The molecule has 1 aliphatic rings. The summed E-state index contributed by atoms with van der Waals surface area (Å²) in [5.74, 6) is 0.224. The first kappa shape index (κ1) is 15.3. The number of piperidine rings is 1. The number of thiazole rings is 1. The van der Waals surface area contributed by atoms with Crippen LogP contribution in [0.3, 0.4) is 0 Å². The molecule has 6 heteroatoms. The van der Waals surface area contributed by atoms with Crippen LogP contribution in [0.4, 0.5) is 5.13 Å². The van der Waals surface area contributed by atoms with E-state index in [2.05, 4.69) is 9.88 Å². The number of aromatic nitrogens is 1. The lowest BCUT2D eigenvalue weighted by molar-refractivity contribution is 0.0519. The van der Waals surface area contributed by atoms with Crippen molar-refractivity contribution < 1.29 is 14.3 Å². The summed E-state index contributed by atoms with van der Waals surface area (Å²) in [4.78, 5) is 19.5. The van der Waals surface area contributed by atoms with Crippen LogP contribution in [-0.4, -0.2) is 44.4 Å². The van der Waals surface area contributed by atoms with E-state index in [1.807, 2.05) is 6.92 Å². The third-order valence-electron chi connectivity index (χ3n) is 3.45. The smallest absolute Gasteiger partial charge is 0.358 e. The van der Waals surface area contributed by atoms with Gasteiger partial charge in [0.2, 0.25) is 0 Å². The molecule has 1 saturated heterocycles. The quantitative estimate of drug-likeness (QED) is 0.782. The highest BCUT2D eigenvalue weighted by atomic mass is 32.1. The zero-order chi connectivity index (χ0) is 14.5. The maximum absolute atomic E-state index is 11.8. The fraction of sp³-hybridized carbons (Fsp3) is 0.714. The van der Waals surface area contributed by atoms with Crippen LogP contribution in [0.25, 0.3) is 0 Å². The first-order chi connectivity index (χ1) is 9.65. The summed E-state index contributed by atoms with van der Waals surface area (Å²) in [5.41, 5.74) is 0.459. The average molecular weight is 298 g/mol. The molecule has 1 fully saturated rings. The summed E-state index contributed by atoms with van der Waals surface area (Å²) in [5, 5.41) is 0.923. The summed E-state index contributed by atoms with van der Waals surface area (Å²) in [6.45, 7) is 6.83. The van der Waals surface area contributed by atoms with Gasteiger partial charge in [-0.3, -0.25) is 0 Å². The molecule has 1 aliphatic heterocycles. The normalized spacial score (nSPS) is 19.1. The molecule has 1 aromatic heterocycles. The van der Waals surface area contributed by atoms with Crippen LogP contribution in [-0.2, 0) is 9.47 Å². The van der Waals surface area contributed by atoms with Gasteiger partial charge in [0.1, 0.15) is 0 Å². The standard InChI is InChI=1S/C14H22N2O3S/c1-4-19-13(17)12-10(2)20-14(15-12)16-7-5-6-11(8-16)9-18-3/h11H,4-9H2,1-3H3. The predicted octanol–water partition coefficient (Wildman–Crippen LogP) is 2.49. The number of carbonyl (C=O) groups excluding carboxylic acids is 1. The van der Waals surface area contributed by atoms with E-state index >= 15 is 0 Å². The molecular weight excluding hydrogens is 276 g/mol. The van der Waals surface area contributed by atoms with E-state index in [1.165, 1.54) is 6.42 Å². The van der Waals surface area contributed by atoms with E-state index in [-0.39, 0.29) is 5.97 Å². The third kappa shape index (κ3) is 3.49. The minimum atomic E-state index is -0.321. The Morgan fingerprint density at radius 1 is 1.55 bits per heavy atom. The van der Waals surface area contributed by atoms with Crippen LogP contribution in [0, 0.1) is 12.8 Å². The maximum Gasteiger partial charge on any atom is 0.358 e. The highest BCUT2D eigenvalue weighted by molar-refractivity contribution is 7.15. The van der Waals surface area contributed by atoms with E-state index < -0.39 is 0 Å². The number of anilines is 1. The van der Waals surface area contributed by atoms with Crippen molar-refractivity contribution in [2.24, 2.45) is 5.92 Å². The SMILES string of the molecule is CCOC(=O)c1nc(N2CCCC(COC)C2)sc1C. The largest absolute Gasteiger partial charge is 0.461 e. The van der Waals surface area contributed by atoms with Gasteiger partial charge in [-0.15, -0.1) is 11.3 Å². The second-order valence-electron chi connectivity index (χ2n) is 5.03. The van der Waals surface area contributed by atoms with Crippen LogP contribution >= 0.6 is 11.3 Å². The molecule has 112 valence electrons. The Labute approximate surface area is 123 Å². The van der Waals surface area contributed by atoms with Gasteiger partial charge in [0.05, 0.1) is 13.2 Å². The Bertz CT molecular complexity index is 459. The van der Waals surface area contributed by atoms with Gasteiger partial charge in [-0.1, -0.05) is 0 Å². The number of nitrogens with zero attached hydrogens (tertiary/aromatic N) is 2. The zero-order valence-electron chi connectivity index (χ0n) is 12.3. The molecule has 0 spiro atoms. The fourth-order valence-corrected chi connectivity index (χ4v) is 3.45. The van der Waals surface area contributed by atoms with Crippen molar-refractivity contribution in [2.45, 2.75) is 26.7 Å². The van der Waals surface area contributed by atoms with Crippen molar-refractivity contribution in [3.63, 3.8) is 0 Å². The van der Waals surface area contributed by atoms with Crippen molar-refractivity contribution in [3.8, 4) is 0 Å². The minimum Gasteiger partial charge on any atom is -0.461 e. The van der Waals surface area contributed by atoms with Gasteiger partial charge < -0.3 is 14.4 Å². The summed E-state index contributed by atoms with van der Waals surface area (Å²) in [6.07, 6.45) is 2.33. The molecule has 5 nitrogen and oxygen atoms in total. The average Bonchev–Trinajstić information content (AvgIpc) is 2.82.